The Hall–Kier alpha value is -4.63. The van der Waals surface area contributed by atoms with Crippen LogP contribution in [-0.4, -0.2) is 44.8 Å². The Morgan fingerprint density at radius 3 is 2.50 bits per heavy atom. The van der Waals surface area contributed by atoms with Crippen molar-refractivity contribution in [3.8, 4) is 17.1 Å². The molecule has 0 radical (unpaired) electrons. The van der Waals surface area contributed by atoms with Crippen molar-refractivity contribution >= 4 is 22.3 Å². The van der Waals surface area contributed by atoms with Crippen LogP contribution in [0.15, 0.2) is 46.4 Å². The van der Waals surface area contributed by atoms with Crippen LogP contribution in [0.25, 0.3) is 22.2 Å². The standard InChI is InChI=1S/C21H23F3N4O2.C5H4F3N3O/c1-3-4-5-7-28-8-6-13-9-15(16(22)10-14(13)21(28)29)19-25-11-17(30-2)20(27-19)26-12-18(23)24;6-5(7,8)3-2(9)1-10-11-4(3)12/h6,8-11,18H,3-5,7,12H2,1-2H3,(H,25,26,27);1H,(H3,9,11,12). The van der Waals surface area contributed by atoms with Gasteiger partial charge in [0.15, 0.2) is 17.4 Å². The molecule has 0 aliphatic rings. The Morgan fingerprint density at radius 2 is 1.90 bits per heavy atom. The number of nitrogen functional groups attached to an aromatic ring is 1. The zero-order valence-corrected chi connectivity index (χ0v) is 22.4. The minimum absolute atomic E-state index is 0.000842. The molecule has 0 aliphatic heterocycles. The molecule has 3 aromatic heterocycles. The zero-order chi connectivity index (χ0) is 31.0. The topological polar surface area (TPSA) is 141 Å². The molecule has 4 N–H and O–H groups in total. The molecular formula is C26H27F6N7O3. The third-order valence-electron chi connectivity index (χ3n) is 5.88. The number of hydrogen-bond acceptors (Lipinski definition) is 8. The minimum atomic E-state index is -4.74. The summed E-state index contributed by atoms with van der Waals surface area (Å²) < 4.78 is 82.5. The van der Waals surface area contributed by atoms with Crippen molar-refractivity contribution in [2.24, 2.45) is 0 Å². The number of alkyl halides is 5. The van der Waals surface area contributed by atoms with E-state index in [0.29, 0.717) is 11.9 Å². The predicted molar refractivity (Wildman–Crippen MR) is 144 cm³/mol. The number of aryl methyl sites for hydroxylation is 1. The molecule has 4 aromatic rings. The van der Waals surface area contributed by atoms with E-state index in [1.165, 1.54) is 25.4 Å². The number of aromatic amines is 1. The van der Waals surface area contributed by atoms with Gasteiger partial charge < -0.3 is 20.4 Å². The van der Waals surface area contributed by atoms with Crippen LogP contribution < -0.4 is 26.9 Å². The van der Waals surface area contributed by atoms with Crippen LogP contribution in [0.2, 0.25) is 0 Å². The highest BCUT2D eigenvalue weighted by Gasteiger charge is 2.36. The maximum Gasteiger partial charge on any atom is 0.423 e. The van der Waals surface area contributed by atoms with E-state index >= 15 is 0 Å². The lowest BCUT2D eigenvalue weighted by Gasteiger charge is -2.12. The quantitative estimate of drug-likeness (QED) is 0.183. The molecule has 0 unspecified atom stereocenters. The molecule has 4 rings (SSSR count). The number of benzene rings is 1. The smallest absolute Gasteiger partial charge is 0.423 e. The van der Waals surface area contributed by atoms with Gasteiger partial charge in [0.1, 0.15) is 11.4 Å². The summed E-state index contributed by atoms with van der Waals surface area (Å²) in [6.07, 6.45) is -0.699. The molecule has 0 saturated carbocycles. The lowest BCUT2D eigenvalue weighted by atomic mass is 10.1. The first-order chi connectivity index (χ1) is 19.9. The number of H-pyrrole nitrogens is 1. The Bertz CT molecular complexity index is 1640. The monoisotopic (exact) mass is 599 g/mol. The van der Waals surface area contributed by atoms with Crippen LogP contribution in [0.4, 0.5) is 37.8 Å². The van der Waals surface area contributed by atoms with Crippen molar-refractivity contribution < 1.29 is 31.1 Å². The summed E-state index contributed by atoms with van der Waals surface area (Å²) >= 11 is 0. The zero-order valence-electron chi connectivity index (χ0n) is 22.4. The summed E-state index contributed by atoms with van der Waals surface area (Å²) in [6, 6.07) is 4.40. The van der Waals surface area contributed by atoms with Crippen molar-refractivity contribution in [3.63, 3.8) is 0 Å². The van der Waals surface area contributed by atoms with E-state index in [-0.39, 0.29) is 33.9 Å². The van der Waals surface area contributed by atoms with Crippen LogP contribution in [0.1, 0.15) is 31.7 Å². The third-order valence-corrected chi connectivity index (χ3v) is 5.88. The highest BCUT2D eigenvalue weighted by Crippen LogP contribution is 2.30. The van der Waals surface area contributed by atoms with Gasteiger partial charge in [0.2, 0.25) is 0 Å². The molecule has 0 amide bonds. The normalized spacial score (nSPS) is 11.4. The number of rotatable bonds is 9. The summed E-state index contributed by atoms with van der Waals surface area (Å²) in [4.78, 5) is 31.5. The predicted octanol–water partition coefficient (Wildman–Crippen LogP) is 4.84. The fraction of sp³-hybridized carbons (Fsp3) is 0.346. The number of anilines is 2. The molecular weight excluding hydrogens is 572 g/mol. The van der Waals surface area contributed by atoms with Crippen LogP contribution in [-0.2, 0) is 12.7 Å². The van der Waals surface area contributed by atoms with Gasteiger partial charge in [-0.25, -0.2) is 28.2 Å². The van der Waals surface area contributed by atoms with E-state index in [1.807, 2.05) is 0 Å². The summed E-state index contributed by atoms with van der Waals surface area (Å²) in [5, 5.41) is 8.02. The molecule has 0 fully saturated rings. The van der Waals surface area contributed by atoms with Crippen LogP contribution in [0.5, 0.6) is 5.75 Å². The van der Waals surface area contributed by atoms with Crippen molar-refractivity contribution in [3.05, 3.63) is 68.9 Å². The average molecular weight is 600 g/mol. The number of hydrogen-bond donors (Lipinski definition) is 3. The van der Waals surface area contributed by atoms with Gasteiger partial charge in [0.25, 0.3) is 17.5 Å². The lowest BCUT2D eigenvalue weighted by Crippen LogP contribution is -2.24. The van der Waals surface area contributed by atoms with Crippen molar-refractivity contribution in [2.45, 2.75) is 45.3 Å². The summed E-state index contributed by atoms with van der Waals surface area (Å²) in [5.74, 6) is -0.473. The Labute approximate surface area is 234 Å². The second-order valence-corrected chi connectivity index (χ2v) is 8.85. The lowest BCUT2D eigenvalue weighted by molar-refractivity contribution is -0.138. The van der Waals surface area contributed by atoms with Gasteiger partial charge in [0, 0.05) is 12.7 Å². The molecule has 0 atom stereocenters. The van der Waals surface area contributed by atoms with Gasteiger partial charge >= 0.3 is 6.18 Å². The van der Waals surface area contributed by atoms with Gasteiger partial charge in [-0.3, -0.25) is 9.59 Å². The highest BCUT2D eigenvalue weighted by atomic mass is 19.4. The van der Waals surface area contributed by atoms with Crippen LogP contribution in [0.3, 0.4) is 0 Å². The van der Waals surface area contributed by atoms with Crippen molar-refractivity contribution in [1.29, 1.82) is 0 Å². The molecule has 0 spiro atoms. The number of fused-ring (bicyclic) bond motifs is 1. The van der Waals surface area contributed by atoms with Gasteiger partial charge in [-0.05, 0) is 30.0 Å². The maximum atomic E-state index is 14.9. The number of methoxy groups -OCH3 is 1. The van der Waals surface area contributed by atoms with Gasteiger partial charge in [-0.2, -0.15) is 18.3 Å². The molecule has 0 saturated heterocycles. The third kappa shape index (κ3) is 7.76. The Balaban J connectivity index is 0.000000337. The highest BCUT2D eigenvalue weighted by molar-refractivity contribution is 5.86. The number of nitrogens with zero attached hydrogens (tertiary/aromatic N) is 4. The van der Waals surface area contributed by atoms with E-state index in [4.69, 9.17) is 10.5 Å². The second kappa shape index (κ2) is 13.8. The fourth-order valence-corrected chi connectivity index (χ4v) is 3.84. The largest absolute Gasteiger partial charge is 0.491 e. The maximum absolute atomic E-state index is 14.9. The number of nitrogens with two attached hydrogens (primary N) is 1. The first-order valence-corrected chi connectivity index (χ1v) is 12.5. The molecule has 226 valence electrons. The Morgan fingerprint density at radius 1 is 1.17 bits per heavy atom. The molecule has 42 heavy (non-hydrogen) atoms. The summed E-state index contributed by atoms with van der Waals surface area (Å²) in [5.41, 5.74) is 1.30. The number of unbranched alkanes of at least 4 members (excludes halogenated alkanes) is 2. The van der Waals surface area contributed by atoms with Crippen molar-refractivity contribution in [2.75, 3.05) is 24.7 Å². The van der Waals surface area contributed by atoms with Gasteiger partial charge in [-0.15, -0.1) is 0 Å². The molecule has 3 heterocycles. The van der Waals surface area contributed by atoms with E-state index in [0.717, 1.165) is 25.5 Å². The number of halogens is 6. The van der Waals surface area contributed by atoms with E-state index < -0.39 is 41.8 Å². The van der Waals surface area contributed by atoms with E-state index in [9.17, 15) is 35.9 Å². The fourth-order valence-electron chi connectivity index (χ4n) is 3.84. The minimum Gasteiger partial charge on any atom is -0.491 e. The van der Waals surface area contributed by atoms with Crippen molar-refractivity contribution in [1.82, 2.24) is 24.7 Å². The molecule has 0 bridgehead atoms. The van der Waals surface area contributed by atoms with Crippen LogP contribution in [0, 0.1) is 5.82 Å². The summed E-state index contributed by atoms with van der Waals surface area (Å²) in [6.45, 7) is 2.02. The van der Waals surface area contributed by atoms with Gasteiger partial charge in [-0.1, -0.05) is 19.8 Å². The summed E-state index contributed by atoms with van der Waals surface area (Å²) in [7, 11) is 1.36. The number of nitrogens with one attached hydrogen (secondary N) is 2. The second-order valence-electron chi connectivity index (χ2n) is 8.85. The average Bonchev–Trinajstić information content (AvgIpc) is 2.92. The number of aromatic nitrogens is 5. The molecule has 10 nitrogen and oxygen atoms in total. The number of pyridine rings is 1. The molecule has 0 aliphatic carbocycles. The Kier molecular flexibility index (Phi) is 10.5. The number of ether oxygens (including phenoxy) is 1. The molecule has 1 aromatic carbocycles. The first kappa shape index (κ1) is 31.9. The van der Waals surface area contributed by atoms with E-state index in [1.54, 1.807) is 21.9 Å². The molecule has 16 heteroatoms. The van der Waals surface area contributed by atoms with E-state index in [2.05, 4.69) is 27.3 Å². The van der Waals surface area contributed by atoms with Gasteiger partial charge in [0.05, 0.1) is 42.7 Å². The SMILES string of the molecule is CCCCCn1ccc2cc(-c3ncc(OC)c(NCC(F)F)n3)c(F)cc2c1=O.Nc1cn[nH]c(=O)c1C(F)(F)F. The van der Waals surface area contributed by atoms with Crippen LogP contribution >= 0.6 is 0 Å². The first-order valence-electron chi connectivity index (χ1n) is 12.5.